The minimum absolute atomic E-state index is 0.797. The number of aromatic nitrogens is 2. The van der Waals surface area contributed by atoms with E-state index in [-0.39, 0.29) is 0 Å². The third kappa shape index (κ3) is 2.87. The van der Waals surface area contributed by atoms with Crippen LogP contribution in [0.3, 0.4) is 0 Å². The van der Waals surface area contributed by atoms with Gasteiger partial charge in [0.1, 0.15) is 11.4 Å². The summed E-state index contributed by atoms with van der Waals surface area (Å²) >= 11 is 3.45. The zero-order chi connectivity index (χ0) is 14.0. The van der Waals surface area contributed by atoms with Gasteiger partial charge in [0.05, 0.1) is 18.5 Å². The van der Waals surface area contributed by atoms with Crippen LogP contribution in [0.5, 0.6) is 5.75 Å². The van der Waals surface area contributed by atoms with E-state index in [1.54, 1.807) is 13.3 Å². The molecule has 0 saturated heterocycles. The fourth-order valence-corrected chi connectivity index (χ4v) is 2.27. The van der Waals surface area contributed by atoms with Gasteiger partial charge in [0.15, 0.2) is 0 Å². The quantitative estimate of drug-likeness (QED) is 0.811. The van der Waals surface area contributed by atoms with Gasteiger partial charge in [-0.05, 0) is 32.0 Å². The van der Waals surface area contributed by atoms with Crippen LogP contribution in [0.2, 0.25) is 0 Å². The standard InChI is InChI=1S/C14H16BrN3O/c1-9-14(10(2)18(3)17-9)16-8-11-7-12(15)5-6-13(11)19-4/h5-8H,1-4H3. The summed E-state index contributed by atoms with van der Waals surface area (Å²) < 4.78 is 8.15. The molecule has 1 aromatic heterocycles. The Hall–Kier alpha value is -1.62. The van der Waals surface area contributed by atoms with Gasteiger partial charge >= 0.3 is 0 Å². The molecule has 0 aliphatic heterocycles. The SMILES string of the molecule is COc1ccc(Br)cc1C=Nc1c(C)nn(C)c1C. The van der Waals surface area contributed by atoms with Crippen LogP contribution >= 0.6 is 15.9 Å². The fraction of sp³-hybridized carbons (Fsp3) is 0.286. The lowest BCUT2D eigenvalue weighted by Gasteiger charge is -2.04. The second-order valence-corrected chi connectivity index (χ2v) is 5.20. The number of nitrogens with zero attached hydrogens (tertiary/aromatic N) is 3. The molecule has 1 heterocycles. The van der Waals surface area contributed by atoms with Crippen molar-refractivity contribution in [3.63, 3.8) is 0 Å². The largest absolute Gasteiger partial charge is 0.496 e. The summed E-state index contributed by atoms with van der Waals surface area (Å²) in [5.74, 6) is 0.797. The number of halogens is 1. The average molecular weight is 322 g/mol. The molecule has 0 atom stereocenters. The molecular weight excluding hydrogens is 306 g/mol. The fourth-order valence-electron chi connectivity index (χ4n) is 1.89. The molecule has 19 heavy (non-hydrogen) atoms. The molecule has 0 N–H and O–H groups in total. The first kappa shape index (κ1) is 13.8. The molecule has 100 valence electrons. The van der Waals surface area contributed by atoms with Gasteiger partial charge in [0.2, 0.25) is 0 Å². The molecule has 0 spiro atoms. The van der Waals surface area contributed by atoms with Crippen LogP contribution in [0.1, 0.15) is 17.0 Å². The minimum atomic E-state index is 0.797. The highest BCUT2D eigenvalue weighted by atomic mass is 79.9. The topological polar surface area (TPSA) is 39.4 Å². The maximum absolute atomic E-state index is 5.32. The van der Waals surface area contributed by atoms with Crippen molar-refractivity contribution in [2.75, 3.05) is 7.11 Å². The van der Waals surface area contributed by atoms with E-state index in [9.17, 15) is 0 Å². The van der Waals surface area contributed by atoms with E-state index < -0.39 is 0 Å². The smallest absolute Gasteiger partial charge is 0.127 e. The Morgan fingerprint density at radius 3 is 2.68 bits per heavy atom. The Labute approximate surface area is 121 Å². The van der Waals surface area contributed by atoms with Gasteiger partial charge in [-0.25, -0.2) is 0 Å². The summed E-state index contributed by atoms with van der Waals surface area (Å²) in [5.41, 5.74) is 3.80. The molecule has 5 heteroatoms. The first-order valence-corrected chi connectivity index (χ1v) is 6.70. The third-order valence-corrected chi connectivity index (χ3v) is 3.49. The summed E-state index contributed by atoms with van der Waals surface area (Å²) in [7, 11) is 3.57. The van der Waals surface area contributed by atoms with Crippen molar-refractivity contribution in [2.45, 2.75) is 13.8 Å². The van der Waals surface area contributed by atoms with E-state index in [2.05, 4.69) is 26.0 Å². The first-order valence-electron chi connectivity index (χ1n) is 5.90. The van der Waals surface area contributed by atoms with Gasteiger partial charge in [0, 0.05) is 23.3 Å². The molecule has 0 bridgehead atoms. The van der Waals surface area contributed by atoms with Crippen molar-refractivity contribution in [2.24, 2.45) is 12.0 Å². The molecule has 0 aliphatic rings. The van der Waals surface area contributed by atoms with Crippen LogP contribution in [0.15, 0.2) is 27.7 Å². The number of rotatable bonds is 3. The predicted octanol–water partition coefficient (Wildman–Crippen LogP) is 3.56. The maximum Gasteiger partial charge on any atom is 0.127 e. The molecule has 0 amide bonds. The molecular formula is C14H16BrN3O. The summed E-state index contributed by atoms with van der Waals surface area (Å²) in [6.45, 7) is 3.96. The zero-order valence-electron chi connectivity index (χ0n) is 11.4. The average Bonchev–Trinajstić information content (AvgIpc) is 2.61. The second-order valence-electron chi connectivity index (χ2n) is 4.29. The summed E-state index contributed by atoms with van der Waals surface area (Å²) in [5, 5.41) is 4.35. The van der Waals surface area contributed by atoms with Gasteiger partial charge in [-0.3, -0.25) is 9.67 Å². The Balaban J connectivity index is 2.40. The van der Waals surface area contributed by atoms with E-state index in [4.69, 9.17) is 4.74 Å². The molecule has 0 saturated carbocycles. The number of hydrogen-bond acceptors (Lipinski definition) is 3. The monoisotopic (exact) mass is 321 g/mol. The predicted molar refractivity (Wildman–Crippen MR) is 80.6 cm³/mol. The number of methoxy groups -OCH3 is 1. The lowest BCUT2D eigenvalue weighted by Crippen LogP contribution is -1.92. The van der Waals surface area contributed by atoms with Crippen molar-refractivity contribution >= 4 is 27.8 Å². The van der Waals surface area contributed by atoms with E-state index >= 15 is 0 Å². The minimum Gasteiger partial charge on any atom is -0.496 e. The van der Waals surface area contributed by atoms with E-state index in [1.807, 2.05) is 43.8 Å². The molecule has 0 fully saturated rings. The van der Waals surface area contributed by atoms with E-state index in [0.29, 0.717) is 0 Å². The van der Waals surface area contributed by atoms with Crippen molar-refractivity contribution in [1.29, 1.82) is 0 Å². The van der Waals surface area contributed by atoms with Crippen molar-refractivity contribution in [3.8, 4) is 5.75 Å². The normalized spacial score (nSPS) is 11.2. The number of ether oxygens (including phenoxy) is 1. The van der Waals surface area contributed by atoms with Gasteiger partial charge in [-0.15, -0.1) is 0 Å². The highest BCUT2D eigenvalue weighted by Crippen LogP contribution is 2.25. The van der Waals surface area contributed by atoms with Crippen LogP contribution in [0.25, 0.3) is 0 Å². The molecule has 2 rings (SSSR count). The zero-order valence-corrected chi connectivity index (χ0v) is 13.0. The van der Waals surface area contributed by atoms with Gasteiger partial charge < -0.3 is 4.74 Å². The third-order valence-electron chi connectivity index (χ3n) is 3.00. The van der Waals surface area contributed by atoms with Crippen LogP contribution < -0.4 is 4.74 Å². The number of hydrogen-bond donors (Lipinski definition) is 0. The van der Waals surface area contributed by atoms with Crippen molar-refractivity contribution in [3.05, 3.63) is 39.6 Å². The van der Waals surface area contributed by atoms with Crippen LogP contribution in [0.4, 0.5) is 5.69 Å². The Morgan fingerprint density at radius 1 is 1.37 bits per heavy atom. The summed E-state index contributed by atoms with van der Waals surface area (Å²) in [4.78, 5) is 4.54. The highest BCUT2D eigenvalue weighted by Gasteiger charge is 2.08. The van der Waals surface area contributed by atoms with Gasteiger partial charge in [-0.2, -0.15) is 5.10 Å². The van der Waals surface area contributed by atoms with Crippen LogP contribution in [0, 0.1) is 13.8 Å². The van der Waals surface area contributed by atoms with Crippen molar-refractivity contribution in [1.82, 2.24) is 9.78 Å². The molecule has 0 radical (unpaired) electrons. The molecule has 2 aromatic rings. The van der Waals surface area contributed by atoms with Gasteiger partial charge in [0.25, 0.3) is 0 Å². The number of benzene rings is 1. The van der Waals surface area contributed by atoms with Crippen LogP contribution in [-0.2, 0) is 7.05 Å². The molecule has 0 aliphatic carbocycles. The van der Waals surface area contributed by atoms with E-state index in [0.717, 1.165) is 32.9 Å². The number of aliphatic imine (C=N–C) groups is 1. The Bertz CT molecular complexity index is 632. The first-order chi connectivity index (χ1) is 9.02. The van der Waals surface area contributed by atoms with Crippen LogP contribution in [-0.4, -0.2) is 23.1 Å². The molecule has 0 unspecified atom stereocenters. The molecule has 1 aromatic carbocycles. The molecule has 4 nitrogen and oxygen atoms in total. The Morgan fingerprint density at radius 2 is 2.11 bits per heavy atom. The summed E-state index contributed by atoms with van der Waals surface area (Å²) in [6, 6.07) is 5.83. The Kier molecular flexibility index (Phi) is 4.04. The second kappa shape index (κ2) is 5.57. The highest BCUT2D eigenvalue weighted by molar-refractivity contribution is 9.10. The van der Waals surface area contributed by atoms with Crippen molar-refractivity contribution < 1.29 is 4.74 Å². The summed E-state index contributed by atoms with van der Waals surface area (Å²) in [6.07, 6.45) is 1.81. The van der Waals surface area contributed by atoms with Gasteiger partial charge in [-0.1, -0.05) is 15.9 Å². The lowest BCUT2D eigenvalue weighted by molar-refractivity contribution is 0.414. The van der Waals surface area contributed by atoms with E-state index in [1.165, 1.54) is 0 Å². The number of aryl methyl sites for hydroxylation is 2. The maximum atomic E-state index is 5.32. The lowest BCUT2D eigenvalue weighted by atomic mass is 10.2.